The Morgan fingerprint density at radius 2 is 2.05 bits per heavy atom. The number of carbonyl (C=O) groups is 1. The van der Waals surface area contributed by atoms with E-state index in [2.05, 4.69) is 29.0 Å². The molecule has 0 fully saturated rings. The van der Waals surface area contributed by atoms with E-state index in [9.17, 15) is 4.79 Å². The molecule has 1 N–H and O–H groups in total. The molecule has 0 spiro atoms. The smallest absolute Gasteiger partial charge is 0.257 e. The second kappa shape index (κ2) is 7.85. The third-order valence-electron chi connectivity index (χ3n) is 2.96. The van der Waals surface area contributed by atoms with Gasteiger partial charge in [-0.15, -0.1) is 0 Å². The molecular weight excluding hydrogens is 252 g/mol. The minimum absolute atomic E-state index is 0.0398. The first kappa shape index (κ1) is 16.4. The summed E-state index contributed by atoms with van der Waals surface area (Å²) in [5.74, 6) is 1.12. The number of rotatable bonds is 7. The number of hydrogen-bond donors (Lipinski definition) is 1. The maximum atomic E-state index is 12.7. The number of aromatic nitrogens is 1. The monoisotopic (exact) mass is 278 g/mol. The van der Waals surface area contributed by atoms with Crippen LogP contribution in [0.1, 0.15) is 24.2 Å². The lowest BCUT2D eigenvalue weighted by Gasteiger charge is -2.26. The highest BCUT2D eigenvalue weighted by Gasteiger charge is 2.19. The van der Waals surface area contributed by atoms with Crippen LogP contribution in [-0.4, -0.2) is 61.5 Å². The summed E-state index contributed by atoms with van der Waals surface area (Å²) < 4.78 is 0. The van der Waals surface area contributed by atoms with Crippen LogP contribution >= 0.6 is 0 Å². The van der Waals surface area contributed by atoms with Crippen molar-refractivity contribution < 1.29 is 4.79 Å². The van der Waals surface area contributed by atoms with E-state index >= 15 is 0 Å². The fourth-order valence-corrected chi connectivity index (χ4v) is 1.98. The van der Waals surface area contributed by atoms with Gasteiger partial charge in [-0.05, 0) is 32.1 Å². The molecule has 0 atom stereocenters. The molecule has 1 amide bonds. The molecule has 1 rings (SSSR count). The van der Waals surface area contributed by atoms with Crippen molar-refractivity contribution >= 4 is 11.7 Å². The first-order valence-corrected chi connectivity index (χ1v) is 7.02. The summed E-state index contributed by atoms with van der Waals surface area (Å²) in [5, 5.41) is 2.98. The summed E-state index contributed by atoms with van der Waals surface area (Å²) in [4.78, 5) is 20.9. The molecule has 112 valence electrons. The minimum Gasteiger partial charge on any atom is -0.372 e. The van der Waals surface area contributed by atoms with Gasteiger partial charge in [0, 0.05) is 32.9 Å². The Morgan fingerprint density at radius 3 is 2.60 bits per heavy atom. The number of nitrogens with one attached hydrogen (secondary N) is 1. The highest BCUT2D eigenvalue weighted by Crippen LogP contribution is 2.14. The Balaban J connectivity index is 2.91. The summed E-state index contributed by atoms with van der Waals surface area (Å²) in [7, 11) is 5.81. The van der Waals surface area contributed by atoms with Gasteiger partial charge in [0.2, 0.25) is 0 Å². The van der Waals surface area contributed by atoms with Crippen LogP contribution in [-0.2, 0) is 0 Å². The highest BCUT2D eigenvalue weighted by molar-refractivity contribution is 5.98. The van der Waals surface area contributed by atoms with Gasteiger partial charge in [0.05, 0.1) is 5.56 Å². The first-order chi connectivity index (χ1) is 9.45. The van der Waals surface area contributed by atoms with E-state index in [1.54, 1.807) is 19.3 Å². The fraction of sp³-hybridized carbons (Fsp3) is 0.600. The van der Waals surface area contributed by atoms with Crippen LogP contribution in [0.3, 0.4) is 0 Å². The van der Waals surface area contributed by atoms with Crippen LogP contribution in [0.5, 0.6) is 0 Å². The Morgan fingerprint density at radius 1 is 1.35 bits per heavy atom. The standard InChI is InChI=1S/C15H26N4O/c1-12(2)11-19(10-9-18(4)5)15(20)13-7-6-8-17-14(13)16-3/h6-8,12H,9-11H2,1-5H3,(H,16,17). The molecule has 1 aromatic heterocycles. The normalized spacial score (nSPS) is 10.9. The molecule has 0 saturated heterocycles. The number of carbonyl (C=O) groups excluding carboxylic acids is 1. The van der Waals surface area contributed by atoms with E-state index in [0.29, 0.717) is 17.3 Å². The maximum Gasteiger partial charge on any atom is 0.257 e. The van der Waals surface area contributed by atoms with E-state index < -0.39 is 0 Å². The van der Waals surface area contributed by atoms with Crippen molar-refractivity contribution in [3.8, 4) is 0 Å². The van der Waals surface area contributed by atoms with Gasteiger partial charge in [0.1, 0.15) is 5.82 Å². The molecule has 0 aliphatic carbocycles. The maximum absolute atomic E-state index is 12.7. The molecule has 5 nitrogen and oxygen atoms in total. The number of nitrogens with zero attached hydrogens (tertiary/aromatic N) is 3. The molecular formula is C15H26N4O. The predicted octanol–water partition coefficient (Wildman–Crippen LogP) is 1.78. The van der Waals surface area contributed by atoms with Gasteiger partial charge in [-0.2, -0.15) is 0 Å². The Kier molecular flexibility index (Phi) is 6.45. The first-order valence-electron chi connectivity index (χ1n) is 7.02. The molecule has 0 saturated carbocycles. The van der Waals surface area contributed by atoms with Crippen LogP contribution in [0.4, 0.5) is 5.82 Å². The topological polar surface area (TPSA) is 48.5 Å². The van der Waals surface area contributed by atoms with E-state index in [4.69, 9.17) is 0 Å². The van der Waals surface area contributed by atoms with Crippen molar-refractivity contribution in [2.24, 2.45) is 5.92 Å². The van der Waals surface area contributed by atoms with E-state index in [-0.39, 0.29) is 5.91 Å². The average molecular weight is 278 g/mol. The molecule has 0 bridgehead atoms. The SMILES string of the molecule is CNc1ncccc1C(=O)N(CCN(C)C)CC(C)C. The molecule has 1 aromatic rings. The molecule has 5 heteroatoms. The van der Waals surface area contributed by atoms with Crippen LogP contribution in [0.25, 0.3) is 0 Å². The zero-order valence-electron chi connectivity index (χ0n) is 13.2. The third-order valence-corrected chi connectivity index (χ3v) is 2.96. The zero-order chi connectivity index (χ0) is 15.1. The highest BCUT2D eigenvalue weighted by atomic mass is 16.2. The molecule has 20 heavy (non-hydrogen) atoms. The van der Waals surface area contributed by atoms with Crippen molar-refractivity contribution in [2.45, 2.75) is 13.8 Å². The van der Waals surface area contributed by atoms with E-state index in [1.165, 1.54) is 0 Å². The van der Waals surface area contributed by atoms with Crippen LogP contribution in [0, 0.1) is 5.92 Å². The second-order valence-corrected chi connectivity index (χ2v) is 5.60. The Labute approximate surface area is 122 Å². The lowest BCUT2D eigenvalue weighted by molar-refractivity contribution is 0.0725. The minimum atomic E-state index is 0.0398. The summed E-state index contributed by atoms with van der Waals surface area (Å²) in [6.07, 6.45) is 1.69. The van der Waals surface area contributed by atoms with Gasteiger partial charge in [-0.1, -0.05) is 13.8 Å². The molecule has 0 aliphatic rings. The largest absolute Gasteiger partial charge is 0.372 e. The van der Waals surface area contributed by atoms with Gasteiger partial charge in [0.15, 0.2) is 0 Å². The summed E-state index contributed by atoms with van der Waals surface area (Å²) >= 11 is 0. The molecule has 1 heterocycles. The van der Waals surface area contributed by atoms with Crippen molar-refractivity contribution in [1.82, 2.24) is 14.8 Å². The van der Waals surface area contributed by atoms with Gasteiger partial charge in [-0.25, -0.2) is 4.98 Å². The Hall–Kier alpha value is -1.62. The molecule has 0 unspecified atom stereocenters. The number of likely N-dealkylation sites (N-methyl/N-ethyl adjacent to an activating group) is 1. The number of pyridine rings is 1. The average Bonchev–Trinajstić information content (AvgIpc) is 2.42. The van der Waals surface area contributed by atoms with Crippen LogP contribution in [0.2, 0.25) is 0 Å². The number of amides is 1. The van der Waals surface area contributed by atoms with Crippen molar-refractivity contribution in [3.63, 3.8) is 0 Å². The van der Waals surface area contributed by atoms with Crippen LogP contribution in [0.15, 0.2) is 18.3 Å². The lowest BCUT2D eigenvalue weighted by Crippen LogP contribution is -2.39. The van der Waals surface area contributed by atoms with Gasteiger partial charge in [-0.3, -0.25) is 4.79 Å². The van der Waals surface area contributed by atoms with Gasteiger partial charge >= 0.3 is 0 Å². The lowest BCUT2D eigenvalue weighted by atomic mass is 10.1. The fourth-order valence-electron chi connectivity index (χ4n) is 1.98. The van der Waals surface area contributed by atoms with E-state index in [0.717, 1.165) is 19.6 Å². The predicted molar refractivity (Wildman–Crippen MR) is 83.1 cm³/mol. The Bertz CT molecular complexity index is 432. The van der Waals surface area contributed by atoms with Crippen molar-refractivity contribution in [3.05, 3.63) is 23.9 Å². The second-order valence-electron chi connectivity index (χ2n) is 5.60. The summed E-state index contributed by atoms with van der Waals surface area (Å²) in [6, 6.07) is 3.62. The number of anilines is 1. The van der Waals surface area contributed by atoms with Gasteiger partial charge < -0.3 is 15.1 Å². The van der Waals surface area contributed by atoms with Crippen molar-refractivity contribution in [2.75, 3.05) is 46.1 Å². The zero-order valence-corrected chi connectivity index (χ0v) is 13.2. The molecule has 0 aliphatic heterocycles. The number of hydrogen-bond acceptors (Lipinski definition) is 4. The summed E-state index contributed by atoms with van der Waals surface area (Å²) in [5.41, 5.74) is 0.634. The van der Waals surface area contributed by atoms with Crippen molar-refractivity contribution in [1.29, 1.82) is 0 Å². The summed E-state index contributed by atoms with van der Waals surface area (Å²) in [6.45, 7) is 6.58. The third kappa shape index (κ3) is 4.81. The molecule has 0 aromatic carbocycles. The van der Waals surface area contributed by atoms with Crippen LogP contribution < -0.4 is 5.32 Å². The quantitative estimate of drug-likeness (QED) is 0.826. The van der Waals surface area contributed by atoms with E-state index in [1.807, 2.05) is 25.1 Å². The van der Waals surface area contributed by atoms with Gasteiger partial charge in [0.25, 0.3) is 5.91 Å². The molecule has 0 radical (unpaired) electrons.